The number of rotatable bonds is 13. The second kappa shape index (κ2) is 14.8. The highest BCUT2D eigenvalue weighted by Crippen LogP contribution is 2.36. The smallest absolute Gasteiger partial charge is 0.306 e. The number of aliphatic hydroxyl groups excluding tert-OH is 1. The number of nitrogens with one attached hydrogen (secondary N) is 2. The van der Waals surface area contributed by atoms with Crippen LogP contribution >= 0.6 is 0 Å². The number of allylic oxidation sites excluding steroid dienone is 5. The molecule has 10 heteroatoms. The molecule has 250 valence electrons. The first-order valence-electron chi connectivity index (χ1n) is 16.0. The number of fused-ring (bicyclic) bond motifs is 8. The Morgan fingerprint density at radius 2 is 1.42 bits per heavy atom. The molecule has 3 aromatic heterocycles. The van der Waals surface area contributed by atoms with Gasteiger partial charge in [0.25, 0.3) is 0 Å². The lowest BCUT2D eigenvalue weighted by Crippen LogP contribution is -2.12. The summed E-state index contributed by atoms with van der Waals surface area (Å²) in [5.74, 6) is -1.24. The average molecular weight is 651 g/mol. The van der Waals surface area contributed by atoms with Gasteiger partial charge in [-0.15, -0.1) is 0 Å². The van der Waals surface area contributed by atoms with Crippen LogP contribution in [0, 0.1) is 13.8 Å². The van der Waals surface area contributed by atoms with Gasteiger partial charge in [0.1, 0.15) is 6.61 Å². The Bertz CT molecular complexity index is 2030. The Hall–Kier alpha value is -5.06. The van der Waals surface area contributed by atoms with Crippen LogP contribution in [0.25, 0.3) is 50.4 Å². The molecular weight excluding hydrogens is 608 g/mol. The molecule has 0 radical (unpaired) electrons. The average Bonchev–Trinajstić information content (AvgIpc) is 3.71. The molecule has 2 aliphatic rings. The van der Waals surface area contributed by atoms with Crippen molar-refractivity contribution in [3.63, 3.8) is 0 Å². The number of nitrogens with zero attached hydrogens (tertiary/aromatic N) is 2. The molecule has 0 saturated heterocycles. The normalized spacial score (nSPS) is 12.9. The van der Waals surface area contributed by atoms with E-state index >= 15 is 0 Å². The van der Waals surface area contributed by atoms with Gasteiger partial charge in [-0.25, -0.2) is 9.97 Å². The summed E-state index contributed by atoms with van der Waals surface area (Å²) in [4.78, 5) is 41.5. The second-order valence-electron chi connectivity index (χ2n) is 11.9. The molecule has 0 spiro atoms. The van der Waals surface area contributed by atoms with Gasteiger partial charge >= 0.3 is 11.9 Å². The van der Waals surface area contributed by atoms with Crippen LogP contribution in [0.3, 0.4) is 0 Å². The van der Waals surface area contributed by atoms with E-state index in [9.17, 15) is 14.7 Å². The Morgan fingerprint density at radius 3 is 2.12 bits per heavy atom. The zero-order valence-corrected chi connectivity index (χ0v) is 28.0. The summed E-state index contributed by atoms with van der Waals surface area (Å²) < 4.78 is 10.5. The van der Waals surface area contributed by atoms with Crippen LogP contribution in [0.1, 0.15) is 78.1 Å². The minimum atomic E-state index is -0.884. The number of aliphatic hydroxyl groups is 1. The maximum atomic E-state index is 12.7. The number of ether oxygens (including phenoxy) is 2. The quantitative estimate of drug-likeness (QED) is 0.114. The fourth-order valence-corrected chi connectivity index (χ4v) is 6.22. The Labute approximate surface area is 279 Å². The Morgan fingerprint density at radius 1 is 0.771 bits per heavy atom. The largest absolute Gasteiger partial charge is 0.481 e. The zero-order chi connectivity index (χ0) is 34.5. The zero-order valence-electron chi connectivity index (χ0n) is 28.0. The lowest BCUT2D eigenvalue weighted by molar-refractivity contribution is -0.145. The highest BCUT2D eigenvalue weighted by molar-refractivity contribution is 5.98. The monoisotopic (exact) mass is 650 g/mol. The van der Waals surface area contributed by atoms with Gasteiger partial charge in [0, 0.05) is 46.0 Å². The molecule has 2 aliphatic heterocycles. The standard InChI is InChI=1S/C38H42N4O6/c1-7-25-21(3)29-17-30-23(5)27(9-11-37(44)45)35(41-30)20-36-28(10-12-38(46)48-16-15-47-14-13-43)24(6)32(42-36)19-34-26(8-2)22(4)31(40-34)18-33(25)39-29/h7-8,17-20,39,42-43H,1-2,9-16H2,3-6H3,(H,44,45). The first-order valence-corrected chi connectivity index (χ1v) is 16.0. The molecule has 0 fully saturated rings. The van der Waals surface area contributed by atoms with E-state index in [4.69, 9.17) is 24.5 Å². The van der Waals surface area contributed by atoms with Gasteiger partial charge in [-0.05, 0) is 98.2 Å². The Balaban J connectivity index is 1.75. The molecule has 0 atom stereocenters. The molecule has 3 aromatic rings. The number of carbonyl (C=O) groups excluding carboxylic acids is 1. The van der Waals surface area contributed by atoms with Crippen molar-refractivity contribution in [2.24, 2.45) is 0 Å². The van der Waals surface area contributed by atoms with E-state index in [0.29, 0.717) is 18.5 Å². The van der Waals surface area contributed by atoms with Gasteiger partial charge < -0.3 is 29.7 Å². The van der Waals surface area contributed by atoms with Crippen LogP contribution in [0.5, 0.6) is 0 Å². The highest BCUT2D eigenvalue weighted by atomic mass is 16.6. The van der Waals surface area contributed by atoms with E-state index in [-0.39, 0.29) is 45.2 Å². The molecule has 5 rings (SSSR count). The number of aliphatic carboxylic acids is 1. The van der Waals surface area contributed by atoms with Gasteiger partial charge in [0.2, 0.25) is 0 Å². The lowest BCUT2D eigenvalue weighted by Gasteiger charge is -2.06. The number of aryl methyl sites for hydroxylation is 3. The van der Waals surface area contributed by atoms with E-state index in [1.165, 1.54) is 0 Å². The molecule has 48 heavy (non-hydrogen) atoms. The maximum absolute atomic E-state index is 12.7. The van der Waals surface area contributed by atoms with Crippen molar-refractivity contribution < 1.29 is 29.3 Å². The minimum Gasteiger partial charge on any atom is -0.481 e. The third-order valence-electron chi connectivity index (χ3n) is 8.94. The van der Waals surface area contributed by atoms with Crippen molar-refractivity contribution in [1.29, 1.82) is 0 Å². The first kappa shape index (κ1) is 34.3. The summed E-state index contributed by atoms with van der Waals surface area (Å²) in [6, 6.07) is 7.96. The fraction of sp³-hybridized carbons (Fsp3) is 0.316. The third-order valence-corrected chi connectivity index (χ3v) is 8.94. The van der Waals surface area contributed by atoms with Crippen molar-refractivity contribution in [2.45, 2.75) is 53.4 Å². The molecular formula is C38H42N4O6. The molecule has 8 bridgehead atoms. The van der Waals surface area contributed by atoms with E-state index in [0.717, 1.165) is 83.7 Å². The number of hydrogen-bond acceptors (Lipinski definition) is 7. The topological polar surface area (TPSA) is 150 Å². The summed E-state index contributed by atoms with van der Waals surface area (Å²) in [7, 11) is 0. The molecule has 10 nitrogen and oxygen atoms in total. The number of carbonyl (C=O) groups is 2. The second-order valence-corrected chi connectivity index (χ2v) is 11.9. The first-order chi connectivity index (χ1) is 23.1. The van der Waals surface area contributed by atoms with Crippen molar-refractivity contribution >= 4 is 62.4 Å². The van der Waals surface area contributed by atoms with E-state index in [2.05, 4.69) is 23.1 Å². The van der Waals surface area contributed by atoms with Gasteiger partial charge in [0.15, 0.2) is 0 Å². The number of aromatic amines is 2. The van der Waals surface area contributed by atoms with Gasteiger partial charge in [0.05, 0.1) is 42.6 Å². The summed E-state index contributed by atoms with van der Waals surface area (Å²) in [5, 5.41) is 18.4. The van der Waals surface area contributed by atoms with Crippen LogP contribution in [0.2, 0.25) is 0 Å². The molecule has 0 unspecified atom stereocenters. The third kappa shape index (κ3) is 7.10. The number of aromatic nitrogens is 4. The molecule has 5 heterocycles. The molecule has 0 amide bonds. The Kier molecular flexibility index (Phi) is 10.6. The van der Waals surface area contributed by atoms with Crippen molar-refractivity contribution in [2.75, 3.05) is 26.4 Å². The van der Waals surface area contributed by atoms with Crippen LogP contribution < -0.4 is 0 Å². The van der Waals surface area contributed by atoms with E-state index in [1.54, 1.807) is 0 Å². The van der Waals surface area contributed by atoms with E-state index < -0.39 is 5.97 Å². The van der Waals surface area contributed by atoms with Crippen LogP contribution in [0.15, 0.2) is 43.5 Å². The predicted molar refractivity (Wildman–Crippen MR) is 190 cm³/mol. The fourth-order valence-electron chi connectivity index (χ4n) is 6.22. The van der Waals surface area contributed by atoms with Crippen molar-refractivity contribution in [3.8, 4) is 0 Å². The van der Waals surface area contributed by atoms with Crippen LogP contribution in [-0.4, -0.2) is 68.5 Å². The maximum Gasteiger partial charge on any atom is 0.306 e. The number of hydrogen-bond donors (Lipinski definition) is 4. The van der Waals surface area contributed by atoms with Gasteiger partial charge in [-0.3, -0.25) is 9.59 Å². The molecule has 4 N–H and O–H groups in total. The summed E-state index contributed by atoms with van der Waals surface area (Å²) in [6.07, 6.45) is 4.46. The van der Waals surface area contributed by atoms with Crippen molar-refractivity contribution in [1.82, 2.24) is 19.9 Å². The number of carboxylic acid groups (broad SMARTS) is 1. The molecule has 0 saturated carbocycles. The van der Waals surface area contributed by atoms with Crippen molar-refractivity contribution in [3.05, 3.63) is 88.5 Å². The number of H-pyrrole nitrogens is 2. The van der Waals surface area contributed by atoms with Crippen LogP contribution in [-0.2, 0) is 25.5 Å². The molecule has 0 aliphatic carbocycles. The van der Waals surface area contributed by atoms with Crippen LogP contribution in [0.4, 0.5) is 0 Å². The summed E-state index contributed by atoms with van der Waals surface area (Å²) in [5.41, 5.74) is 13.8. The lowest BCUT2D eigenvalue weighted by atomic mass is 10.0. The van der Waals surface area contributed by atoms with Gasteiger partial charge in [-0.1, -0.05) is 25.3 Å². The molecule has 0 aromatic carbocycles. The summed E-state index contributed by atoms with van der Waals surface area (Å²) >= 11 is 0. The minimum absolute atomic E-state index is 0.0357. The SMILES string of the molecule is C=CC1=C(C)c2cc3[nH]c(cc4nc(cc5[nH]c(cc1n2)c(C)c5CCC(=O)OCCOCCO)C(CCC(=O)O)=C4C)c(C)c3C=C. The summed E-state index contributed by atoms with van der Waals surface area (Å²) in [6.45, 7) is 16.6. The number of carboxylic acids is 1. The highest BCUT2D eigenvalue weighted by Gasteiger charge is 2.21. The predicted octanol–water partition coefficient (Wildman–Crippen LogP) is 6.97. The number of esters is 1. The van der Waals surface area contributed by atoms with Gasteiger partial charge in [-0.2, -0.15) is 0 Å². The van der Waals surface area contributed by atoms with E-state index in [1.807, 2.05) is 64.1 Å².